The summed E-state index contributed by atoms with van der Waals surface area (Å²) < 4.78 is 0. The van der Waals surface area contributed by atoms with E-state index in [2.05, 4.69) is 20.3 Å². The number of pyridine rings is 1. The van der Waals surface area contributed by atoms with Crippen molar-refractivity contribution in [2.75, 3.05) is 5.32 Å². The van der Waals surface area contributed by atoms with Gasteiger partial charge in [0.1, 0.15) is 5.82 Å². The van der Waals surface area contributed by atoms with E-state index in [-0.39, 0.29) is 11.1 Å². The number of halogens is 1. The minimum Gasteiger partial charge on any atom is -0.319 e. The van der Waals surface area contributed by atoms with Crippen LogP contribution in [0.1, 0.15) is 34.9 Å². The second kappa shape index (κ2) is 4.93. The van der Waals surface area contributed by atoms with Crippen molar-refractivity contribution in [1.82, 2.24) is 15.0 Å². The average molecular weight is 275 g/mol. The van der Waals surface area contributed by atoms with Crippen LogP contribution in [0.5, 0.6) is 0 Å². The van der Waals surface area contributed by atoms with Crippen molar-refractivity contribution in [2.45, 2.75) is 18.8 Å². The maximum absolute atomic E-state index is 12.0. The minimum atomic E-state index is -0.294. The topological polar surface area (TPSA) is 67.8 Å². The highest BCUT2D eigenvalue weighted by Gasteiger charge is 2.26. The van der Waals surface area contributed by atoms with Gasteiger partial charge in [-0.05, 0) is 25.0 Å². The third-order valence-corrected chi connectivity index (χ3v) is 3.18. The Morgan fingerprint density at radius 3 is 2.63 bits per heavy atom. The Morgan fingerprint density at radius 1 is 1.26 bits per heavy atom. The Balaban J connectivity index is 1.74. The molecule has 6 heteroatoms. The molecule has 3 rings (SSSR count). The molecule has 2 aromatic heterocycles. The molecule has 0 atom stereocenters. The van der Waals surface area contributed by atoms with Gasteiger partial charge in [0, 0.05) is 24.5 Å². The van der Waals surface area contributed by atoms with Crippen LogP contribution in [-0.4, -0.2) is 20.9 Å². The van der Waals surface area contributed by atoms with Crippen LogP contribution in [0.4, 0.5) is 5.69 Å². The molecule has 1 fully saturated rings. The van der Waals surface area contributed by atoms with Gasteiger partial charge in [0.25, 0.3) is 5.91 Å². The molecule has 1 aliphatic carbocycles. The van der Waals surface area contributed by atoms with E-state index in [1.807, 2.05) is 0 Å². The van der Waals surface area contributed by atoms with E-state index in [1.54, 1.807) is 30.7 Å². The molecule has 1 saturated carbocycles. The van der Waals surface area contributed by atoms with E-state index in [1.165, 1.54) is 0 Å². The monoisotopic (exact) mass is 274 g/mol. The molecular weight excluding hydrogens is 264 g/mol. The van der Waals surface area contributed by atoms with Crippen LogP contribution in [0.3, 0.4) is 0 Å². The summed E-state index contributed by atoms with van der Waals surface area (Å²) in [4.78, 5) is 24.3. The van der Waals surface area contributed by atoms with Crippen LogP contribution in [0, 0.1) is 0 Å². The smallest absolute Gasteiger partial charge is 0.258 e. The van der Waals surface area contributed by atoms with Crippen LogP contribution in [0.25, 0.3) is 0 Å². The van der Waals surface area contributed by atoms with E-state index < -0.39 is 0 Å². The summed E-state index contributed by atoms with van der Waals surface area (Å²) in [6.45, 7) is 0. The highest BCUT2D eigenvalue weighted by Crippen LogP contribution is 2.37. The molecule has 19 heavy (non-hydrogen) atoms. The lowest BCUT2D eigenvalue weighted by atomic mass is 10.3. The van der Waals surface area contributed by atoms with Crippen molar-refractivity contribution >= 4 is 23.2 Å². The summed E-state index contributed by atoms with van der Waals surface area (Å²) in [6, 6.07) is 3.39. The Labute approximate surface area is 115 Å². The molecule has 0 spiro atoms. The number of nitrogens with one attached hydrogen (secondary N) is 1. The predicted molar refractivity (Wildman–Crippen MR) is 71.2 cm³/mol. The minimum absolute atomic E-state index is 0.256. The SMILES string of the molecule is O=C(Nc1cccnc1Cl)c1cnc(C2CC2)nc1. The van der Waals surface area contributed by atoms with Gasteiger partial charge in [-0.25, -0.2) is 15.0 Å². The van der Waals surface area contributed by atoms with Gasteiger partial charge in [-0.2, -0.15) is 0 Å². The number of hydrogen-bond acceptors (Lipinski definition) is 4. The Morgan fingerprint density at radius 2 is 2.00 bits per heavy atom. The van der Waals surface area contributed by atoms with Crippen LogP contribution in [0.2, 0.25) is 5.15 Å². The number of anilines is 1. The van der Waals surface area contributed by atoms with Crippen LogP contribution < -0.4 is 5.32 Å². The number of carbonyl (C=O) groups excluding carboxylic acids is 1. The molecule has 0 saturated heterocycles. The number of nitrogens with zero attached hydrogens (tertiary/aromatic N) is 3. The molecule has 0 unspecified atom stereocenters. The first-order valence-electron chi connectivity index (χ1n) is 5.98. The number of amides is 1. The number of carbonyl (C=O) groups is 1. The molecule has 1 aliphatic rings. The number of rotatable bonds is 3. The standard InChI is InChI=1S/C13H11ClN4O/c14-11-10(2-1-5-15-11)18-13(19)9-6-16-12(17-7-9)8-3-4-8/h1-2,5-8H,3-4H2,(H,18,19). The van der Waals surface area contributed by atoms with Gasteiger partial charge >= 0.3 is 0 Å². The second-order valence-corrected chi connectivity index (χ2v) is 4.76. The molecule has 5 nitrogen and oxygen atoms in total. The molecule has 0 bridgehead atoms. The Bertz CT molecular complexity index is 610. The maximum Gasteiger partial charge on any atom is 0.258 e. The van der Waals surface area contributed by atoms with Gasteiger partial charge in [0.2, 0.25) is 0 Å². The summed E-state index contributed by atoms with van der Waals surface area (Å²) in [5.41, 5.74) is 0.879. The van der Waals surface area contributed by atoms with Crippen LogP contribution in [0.15, 0.2) is 30.7 Å². The van der Waals surface area contributed by atoms with Gasteiger partial charge in [0.05, 0.1) is 11.3 Å². The summed E-state index contributed by atoms with van der Waals surface area (Å²) in [6.07, 6.45) is 6.92. The molecule has 0 aliphatic heterocycles. The molecule has 0 radical (unpaired) electrons. The number of aromatic nitrogens is 3. The van der Waals surface area contributed by atoms with Gasteiger partial charge in [-0.3, -0.25) is 4.79 Å². The summed E-state index contributed by atoms with van der Waals surface area (Å²) in [5, 5.41) is 2.93. The zero-order chi connectivity index (χ0) is 13.2. The fourth-order valence-corrected chi connectivity index (χ4v) is 1.85. The molecule has 0 aromatic carbocycles. The molecule has 1 amide bonds. The lowest BCUT2D eigenvalue weighted by Crippen LogP contribution is -2.13. The van der Waals surface area contributed by atoms with Gasteiger partial charge in [-0.15, -0.1) is 0 Å². The first kappa shape index (κ1) is 12.0. The zero-order valence-corrected chi connectivity index (χ0v) is 10.8. The van der Waals surface area contributed by atoms with Crippen molar-refractivity contribution in [3.05, 3.63) is 47.3 Å². The molecule has 2 aromatic rings. The highest BCUT2D eigenvalue weighted by molar-refractivity contribution is 6.32. The van der Waals surface area contributed by atoms with E-state index in [4.69, 9.17) is 11.6 Å². The Kier molecular flexibility index (Phi) is 3.13. The molecular formula is C13H11ClN4O. The first-order valence-corrected chi connectivity index (χ1v) is 6.35. The lowest BCUT2D eigenvalue weighted by molar-refractivity contribution is 0.102. The zero-order valence-electron chi connectivity index (χ0n) is 10.0. The predicted octanol–water partition coefficient (Wildman–Crippen LogP) is 2.65. The first-order chi connectivity index (χ1) is 9.24. The number of hydrogen-bond donors (Lipinski definition) is 1. The van der Waals surface area contributed by atoms with E-state index in [9.17, 15) is 4.79 Å². The second-order valence-electron chi connectivity index (χ2n) is 4.40. The van der Waals surface area contributed by atoms with Crippen molar-refractivity contribution in [3.8, 4) is 0 Å². The molecule has 1 N–H and O–H groups in total. The molecule has 96 valence electrons. The van der Waals surface area contributed by atoms with Gasteiger partial charge < -0.3 is 5.32 Å². The summed E-state index contributed by atoms with van der Waals surface area (Å²) >= 11 is 5.87. The summed E-state index contributed by atoms with van der Waals surface area (Å²) in [7, 11) is 0. The highest BCUT2D eigenvalue weighted by atomic mass is 35.5. The lowest BCUT2D eigenvalue weighted by Gasteiger charge is -2.06. The Hall–Kier alpha value is -2.01. The van der Waals surface area contributed by atoms with Crippen molar-refractivity contribution in [1.29, 1.82) is 0 Å². The third-order valence-electron chi connectivity index (χ3n) is 2.88. The largest absolute Gasteiger partial charge is 0.319 e. The van der Waals surface area contributed by atoms with Crippen LogP contribution in [-0.2, 0) is 0 Å². The maximum atomic E-state index is 12.0. The normalized spacial score (nSPS) is 14.2. The van der Waals surface area contributed by atoms with Crippen molar-refractivity contribution in [3.63, 3.8) is 0 Å². The molecule has 2 heterocycles. The van der Waals surface area contributed by atoms with E-state index in [0.29, 0.717) is 17.2 Å². The third kappa shape index (κ3) is 2.71. The van der Waals surface area contributed by atoms with Crippen molar-refractivity contribution < 1.29 is 4.79 Å². The van der Waals surface area contributed by atoms with Crippen LogP contribution >= 0.6 is 11.6 Å². The van der Waals surface area contributed by atoms with Gasteiger partial charge in [0.15, 0.2) is 5.15 Å². The fourth-order valence-electron chi connectivity index (χ4n) is 1.68. The van der Waals surface area contributed by atoms with E-state index in [0.717, 1.165) is 18.7 Å². The summed E-state index contributed by atoms with van der Waals surface area (Å²) in [5.74, 6) is 0.998. The van der Waals surface area contributed by atoms with Crippen molar-refractivity contribution in [2.24, 2.45) is 0 Å². The van der Waals surface area contributed by atoms with Gasteiger partial charge in [-0.1, -0.05) is 11.6 Å². The average Bonchev–Trinajstić information content (AvgIpc) is 3.26. The van der Waals surface area contributed by atoms with E-state index >= 15 is 0 Å². The quantitative estimate of drug-likeness (QED) is 0.874. The fraction of sp³-hybridized carbons (Fsp3) is 0.231.